The number of aliphatic hydroxyl groups excluding tert-OH is 2. The van der Waals surface area contributed by atoms with Crippen LogP contribution in [0.3, 0.4) is 0 Å². The van der Waals surface area contributed by atoms with Crippen molar-refractivity contribution in [3.63, 3.8) is 0 Å². The number of rotatable bonds is 5. The van der Waals surface area contributed by atoms with E-state index in [0.29, 0.717) is 12.8 Å². The van der Waals surface area contributed by atoms with Crippen molar-refractivity contribution < 1.29 is 10.2 Å². The first kappa shape index (κ1) is 11.1. The molecule has 0 amide bonds. The lowest BCUT2D eigenvalue weighted by Gasteiger charge is -2.16. The second-order valence-corrected chi connectivity index (χ2v) is 3.45. The van der Waals surface area contributed by atoms with Crippen LogP contribution in [-0.4, -0.2) is 27.4 Å². The van der Waals surface area contributed by atoms with Gasteiger partial charge in [0.05, 0.1) is 12.2 Å². The molecule has 2 atom stereocenters. The van der Waals surface area contributed by atoms with E-state index in [1.165, 1.54) is 0 Å². The second-order valence-electron chi connectivity index (χ2n) is 3.45. The summed E-state index contributed by atoms with van der Waals surface area (Å²) in [6.07, 6.45) is 2.27. The Morgan fingerprint density at radius 2 is 2.07 bits per heavy atom. The molecule has 1 rings (SSSR count). The Kier molecular flexibility index (Phi) is 4.56. The summed E-state index contributed by atoms with van der Waals surface area (Å²) in [6.45, 7) is 1.98. The van der Waals surface area contributed by atoms with Gasteiger partial charge in [-0.2, -0.15) is 0 Å². The van der Waals surface area contributed by atoms with Crippen LogP contribution in [0.1, 0.15) is 25.5 Å². The molecule has 14 heavy (non-hydrogen) atoms. The average molecular weight is 195 g/mol. The van der Waals surface area contributed by atoms with Crippen molar-refractivity contribution in [1.29, 1.82) is 0 Å². The Morgan fingerprint density at radius 1 is 1.29 bits per heavy atom. The Labute approximate surface area is 84.4 Å². The van der Waals surface area contributed by atoms with Gasteiger partial charge < -0.3 is 10.2 Å². The standard InChI is InChI=1S/C11H17NO2/c1-2-5-10(13)11(14)8-9-6-3-4-7-12-9/h3-4,6-7,10-11,13-14H,2,5,8H2,1H3. The molecule has 0 fully saturated rings. The summed E-state index contributed by atoms with van der Waals surface area (Å²) in [5, 5.41) is 19.1. The van der Waals surface area contributed by atoms with Crippen molar-refractivity contribution in [2.45, 2.75) is 38.4 Å². The summed E-state index contributed by atoms with van der Waals surface area (Å²) in [5.41, 5.74) is 0.815. The molecule has 1 heterocycles. The van der Waals surface area contributed by atoms with E-state index in [0.717, 1.165) is 12.1 Å². The van der Waals surface area contributed by atoms with E-state index in [9.17, 15) is 10.2 Å². The van der Waals surface area contributed by atoms with Gasteiger partial charge in [0.1, 0.15) is 0 Å². The van der Waals surface area contributed by atoms with Gasteiger partial charge in [0.2, 0.25) is 0 Å². The third-order valence-corrected chi connectivity index (χ3v) is 2.17. The molecule has 1 aromatic rings. The average Bonchev–Trinajstić information content (AvgIpc) is 2.19. The van der Waals surface area contributed by atoms with Crippen LogP contribution in [0.2, 0.25) is 0 Å². The maximum Gasteiger partial charge on any atom is 0.0854 e. The first-order valence-electron chi connectivity index (χ1n) is 5.00. The van der Waals surface area contributed by atoms with Crippen molar-refractivity contribution in [1.82, 2.24) is 4.98 Å². The minimum Gasteiger partial charge on any atom is -0.390 e. The maximum atomic E-state index is 9.61. The van der Waals surface area contributed by atoms with E-state index in [1.807, 2.05) is 25.1 Å². The number of aromatic nitrogens is 1. The molecule has 78 valence electrons. The fourth-order valence-electron chi connectivity index (χ4n) is 1.36. The van der Waals surface area contributed by atoms with Gasteiger partial charge in [0, 0.05) is 18.3 Å². The summed E-state index contributed by atoms with van der Waals surface area (Å²) in [4.78, 5) is 4.09. The summed E-state index contributed by atoms with van der Waals surface area (Å²) in [5.74, 6) is 0. The molecule has 3 heteroatoms. The summed E-state index contributed by atoms with van der Waals surface area (Å²) in [6, 6.07) is 5.56. The minimum atomic E-state index is -0.704. The number of hydrogen-bond donors (Lipinski definition) is 2. The smallest absolute Gasteiger partial charge is 0.0854 e. The van der Waals surface area contributed by atoms with Crippen molar-refractivity contribution in [2.24, 2.45) is 0 Å². The maximum absolute atomic E-state index is 9.61. The van der Waals surface area contributed by atoms with Crippen LogP contribution in [0.5, 0.6) is 0 Å². The van der Waals surface area contributed by atoms with Gasteiger partial charge in [0.15, 0.2) is 0 Å². The monoisotopic (exact) mass is 195 g/mol. The van der Waals surface area contributed by atoms with E-state index in [2.05, 4.69) is 4.98 Å². The molecule has 0 aliphatic carbocycles. The van der Waals surface area contributed by atoms with Gasteiger partial charge in [-0.1, -0.05) is 19.4 Å². The van der Waals surface area contributed by atoms with E-state index in [-0.39, 0.29) is 0 Å². The van der Waals surface area contributed by atoms with Crippen molar-refractivity contribution >= 4 is 0 Å². The molecule has 0 aliphatic heterocycles. The molecule has 0 saturated carbocycles. The van der Waals surface area contributed by atoms with Gasteiger partial charge in [-0.05, 0) is 18.6 Å². The minimum absolute atomic E-state index is 0.419. The zero-order valence-electron chi connectivity index (χ0n) is 8.43. The van der Waals surface area contributed by atoms with E-state index >= 15 is 0 Å². The van der Waals surface area contributed by atoms with Gasteiger partial charge in [-0.15, -0.1) is 0 Å². The molecule has 3 nitrogen and oxygen atoms in total. The molecule has 0 radical (unpaired) electrons. The highest BCUT2D eigenvalue weighted by molar-refractivity contribution is 5.04. The molecule has 0 bridgehead atoms. The van der Waals surface area contributed by atoms with Crippen LogP contribution in [0.15, 0.2) is 24.4 Å². The van der Waals surface area contributed by atoms with E-state index in [1.54, 1.807) is 6.20 Å². The molecule has 2 unspecified atom stereocenters. The predicted octanol–water partition coefficient (Wildman–Crippen LogP) is 1.15. The zero-order valence-corrected chi connectivity index (χ0v) is 8.43. The van der Waals surface area contributed by atoms with Crippen molar-refractivity contribution in [3.05, 3.63) is 30.1 Å². The normalized spacial score (nSPS) is 15.1. The fourth-order valence-corrected chi connectivity index (χ4v) is 1.36. The Morgan fingerprint density at radius 3 is 2.64 bits per heavy atom. The molecule has 1 aromatic heterocycles. The van der Waals surface area contributed by atoms with Gasteiger partial charge >= 0.3 is 0 Å². The molecular formula is C11H17NO2. The van der Waals surface area contributed by atoms with Gasteiger partial charge in [0.25, 0.3) is 0 Å². The predicted molar refractivity (Wildman–Crippen MR) is 54.9 cm³/mol. The third-order valence-electron chi connectivity index (χ3n) is 2.17. The van der Waals surface area contributed by atoms with Crippen LogP contribution in [-0.2, 0) is 6.42 Å². The SMILES string of the molecule is CCCC(O)C(O)Cc1ccccn1. The highest BCUT2D eigenvalue weighted by Crippen LogP contribution is 2.07. The second kappa shape index (κ2) is 5.73. The van der Waals surface area contributed by atoms with Crippen LogP contribution in [0.4, 0.5) is 0 Å². The fraction of sp³-hybridized carbons (Fsp3) is 0.545. The van der Waals surface area contributed by atoms with Crippen LogP contribution in [0, 0.1) is 0 Å². The van der Waals surface area contributed by atoms with Crippen molar-refractivity contribution in [2.75, 3.05) is 0 Å². The topological polar surface area (TPSA) is 53.4 Å². The van der Waals surface area contributed by atoms with Crippen LogP contribution < -0.4 is 0 Å². The molecule has 0 aromatic carbocycles. The molecule has 0 aliphatic rings. The Bertz CT molecular complexity index is 251. The number of aliphatic hydroxyl groups is 2. The van der Waals surface area contributed by atoms with Crippen LogP contribution >= 0.6 is 0 Å². The molecule has 2 N–H and O–H groups in total. The van der Waals surface area contributed by atoms with Crippen LogP contribution in [0.25, 0.3) is 0 Å². The lowest BCUT2D eigenvalue weighted by molar-refractivity contribution is 0.0143. The lowest BCUT2D eigenvalue weighted by Crippen LogP contribution is -2.28. The first-order chi connectivity index (χ1) is 6.74. The Balaban J connectivity index is 2.44. The first-order valence-corrected chi connectivity index (χ1v) is 5.00. The number of nitrogens with zero attached hydrogens (tertiary/aromatic N) is 1. The molecule has 0 saturated heterocycles. The quantitative estimate of drug-likeness (QED) is 0.741. The molecular weight excluding hydrogens is 178 g/mol. The van der Waals surface area contributed by atoms with E-state index < -0.39 is 12.2 Å². The summed E-state index contributed by atoms with van der Waals surface area (Å²) >= 11 is 0. The van der Waals surface area contributed by atoms with Crippen molar-refractivity contribution in [3.8, 4) is 0 Å². The summed E-state index contributed by atoms with van der Waals surface area (Å²) < 4.78 is 0. The number of hydrogen-bond acceptors (Lipinski definition) is 3. The molecule has 0 spiro atoms. The van der Waals surface area contributed by atoms with Gasteiger partial charge in [-0.25, -0.2) is 0 Å². The lowest BCUT2D eigenvalue weighted by atomic mass is 10.0. The largest absolute Gasteiger partial charge is 0.390 e. The van der Waals surface area contributed by atoms with Gasteiger partial charge in [-0.3, -0.25) is 4.98 Å². The summed E-state index contributed by atoms with van der Waals surface area (Å²) in [7, 11) is 0. The Hall–Kier alpha value is -0.930. The zero-order chi connectivity index (χ0) is 10.4. The highest BCUT2D eigenvalue weighted by atomic mass is 16.3. The van der Waals surface area contributed by atoms with E-state index in [4.69, 9.17) is 0 Å². The third kappa shape index (κ3) is 3.44. The number of pyridine rings is 1. The highest BCUT2D eigenvalue weighted by Gasteiger charge is 2.15.